The smallest absolute Gasteiger partial charge is 0.290 e. The lowest BCUT2D eigenvalue weighted by Gasteiger charge is -2.02. The molecule has 0 amide bonds. The summed E-state index contributed by atoms with van der Waals surface area (Å²) in [6.07, 6.45) is 0. The van der Waals surface area contributed by atoms with Gasteiger partial charge in [0.1, 0.15) is 0 Å². The number of hydrogen-bond donors (Lipinski definition) is 1. The molecule has 1 aromatic carbocycles. The van der Waals surface area contributed by atoms with Crippen LogP contribution in [-0.4, -0.2) is 10.9 Å². The third-order valence-electron chi connectivity index (χ3n) is 1.55. The Balaban J connectivity index is 3.13. The molecule has 0 aliphatic carbocycles. The average molecular weight is 184 g/mol. The predicted octanol–water partition coefficient (Wildman–Crippen LogP) is 1.08. The minimum absolute atomic E-state index is 0.0949. The second-order valence-electron chi connectivity index (χ2n) is 2.56. The molecule has 1 rings (SSSR count). The van der Waals surface area contributed by atoms with Crippen LogP contribution in [0.2, 0.25) is 0 Å². The Morgan fingerprint density at radius 3 is 2.25 bits per heavy atom. The topological polar surface area (TPSA) is 54.4 Å². The number of aryl methyl sites for hydroxylation is 1. The lowest BCUT2D eigenvalue weighted by Crippen LogP contribution is -2.03. The van der Waals surface area contributed by atoms with Crippen molar-refractivity contribution in [2.75, 3.05) is 0 Å². The molecule has 0 radical (unpaired) electrons. The third kappa shape index (κ3) is 1.81. The molecule has 0 bridgehead atoms. The van der Waals surface area contributed by atoms with Gasteiger partial charge in [0.2, 0.25) is 6.03 Å². The quantitative estimate of drug-likeness (QED) is 0.552. The second-order valence-corrected chi connectivity index (χ2v) is 4.54. The first-order valence-corrected chi connectivity index (χ1v) is 5.15. The molecule has 64 valence electrons. The van der Waals surface area contributed by atoms with E-state index in [0.29, 0.717) is 0 Å². The molecule has 1 atom stereocenters. The lowest BCUT2D eigenvalue weighted by molar-refractivity contribution is 0.492. The van der Waals surface area contributed by atoms with Gasteiger partial charge >= 0.3 is 0 Å². The highest BCUT2D eigenvalue weighted by Crippen LogP contribution is 2.34. The van der Waals surface area contributed by atoms with Crippen LogP contribution in [0.25, 0.3) is 0 Å². The highest BCUT2D eigenvalue weighted by Gasteiger charge is 2.18. The third-order valence-corrected chi connectivity index (χ3v) is 2.87. The fourth-order valence-corrected chi connectivity index (χ4v) is 1.52. The first kappa shape index (κ1) is 9.17. The van der Waals surface area contributed by atoms with Gasteiger partial charge in [-0.1, -0.05) is 17.7 Å². The summed E-state index contributed by atoms with van der Waals surface area (Å²) in [7, 11) is -3.73. The minimum Gasteiger partial charge on any atom is -0.336 e. The van der Waals surface area contributed by atoms with Crippen molar-refractivity contribution in [1.82, 2.24) is 0 Å². The molecule has 0 aromatic heterocycles. The molecule has 1 unspecified atom stereocenters. The normalized spacial score (nSPS) is 15.2. The molecule has 0 fully saturated rings. The predicted molar refractivity (Wildman–Crippen MR) is 47.4 cm³/mol. The van der Waals surface area contributed by atoms with Crippen LogP contribution in [0, 0.1) is 6.92 Å². The van der Waals surface area contributed by atoms with Gasteiger partial charge in [-0.05, 0) is 19.1 Å². The van der Waals surface area contributed by atoms with Gasteiger partial charge in [-0.2, -0.15) is 0 Å². The maximum absolute atomic E-state index is 11.1. The van der Waals surface area contributed by atoms with Crippen LogP contribution >= 0.6 is 7.37 Å². The Hall–Kier alpha value is -0.920. The molecular weight excluding hydrogens is 175 g/mol. The van der Waals surface area contributed by atoms with Gasteiger partial charge in [-0.25, -0.2) is 0 Å². The fraction of sp³-hybridized carbons (Fsp3) is 0.125. The van der Waals surface area contributed by atoms with Crippen LogP contribution in [0.5, 0.6) is 0 Å². The molecule has 1 aromatic rings. The Labute approximate surface area is 70.5 Å². The monoisotopic (exact) mass is 184 g/mol. The van der Waals surface area contributed by atoms with Crippen LogP contribution in [0.15, 0.2) is 24.3 Å². The number of carbonyl (C=O) groups excluding carboxylic acids is 1. The summed E-state index contributed by atoms with van der Waals surface area (Å²) in [5, 5.41) is 0.183. The van der Waals surface area contributed by atoms with E-state index < -0.39 is 7.37 Å². The Kier molecular flexibility index (Phi) is 2.46. The largest absolute Gasteiger partial charge is 0.336 e. The molecule has 0 saturated carbocycles. The van der Waals surface area contributed by atoms with Crippen molar-refractivity contribution in [2.24, 2.45) is 0 Å². The van der Waals surface area contributed by atoms with E-state index in [0.717, 1.165) is 5.56 Å². The highest BCUT2D eigenvalue weighted by atomic mass is 31.2. The van der Waals surface area contributed by atoms with E-state index in [2.05, 4.69) is 0 Å². The van der Waals surface area contributed by atoms with Crippen LogP contribution in [0.3, 0.4) is 0 Å². The van der Waals surface area contributed by atoms with Crippen LogP contribution in [-0.2, 0) is 9.36 Å². The van der Waals surface area contributed by atoms with Crippen molar-refractivity contribution in [2.45, 2.75) is 6.92 Å². The number of benzene rings is 1. The van der Waals surface area contributed by atoms with Gasteiger partial charge in [0.05, 0.1) is 0 Å². The molecule has 0 spiro atoms. The molecule has 0 heterocycles. The summed E-state index contributed by atoms with van der Waals surface area (Å²) in [6, 6.07) is 6.47. The van der Waals surface area contributed by atoms with Gasteiger partial charge < -0.3 is 4.89 Å². The van der Waals surface area contributed by atoms with Crippen LogP contribution < -0.4 is 5.30 Å². The van der Waals surface area contributed by atoms with Crippen molar-refractivity contribution < 1.29 is 14.3 Å². The molecule has 3 nitrogen and oxygen atoms in total. The van der Waals surface area contributed by atoms with E-state index in [1.807, 2.05) is 6.92 Å². The average Bonchev–Trinajstić information content (AvgIpc) is 2.05. The zero-order valence-corrected chi connectivity index (χ0v) is 7.49. The van der Waals surface area contributed by atoms with E-state index in [1.54, 1.807) is 12.1 Å². The number of carbonyl (C=O) groups is 1. The van der Waals surface area contributed by atoms with Crippen molar-refractivity contribution in [3.8, 4) is 0 Å². The maximum Gasteiger partial charge on any atom is 0.290 e. The molecule has 0 saturated heterocycles. The Morgan fingerprint density at radius 2 is 1.83 bits per heavy atom. The first-order chi connectivity index (χ1) is 5.56. The van der Waals surface area contributed by atoms with Gasteiger partial charge in [0.25, 0.3) is 7.37 Å². The molecule has 0 aliphatic rings. The van der Waals surface area contributed by atoms with Gasteiger partial charge in [0.15, 0.2) is 0 Å². The SMILES string of the molecule is Cc1ccc(P(=O)(O)C=O)cc1. The van der Waals surface area contributed by atoms with Crippen molar-refractivity contribution in [3.05, 3.63) is 29.8 Å². The van der Waals surface area contributed by atoms with Crippen molar-refractivity contribution in [3.63, 3.8) is 0 Å². The van der Waals surface area contributed by atoms with Crippen molar-refractivity contribution in [1.29, 1.82) is 0 Å². The summed E-state index contributed by atoms with van der Waals surface area (Å²) >= 11 is 0. The summed E-state index contributed by atoms with van der Waals surface area (Å²) in [4.78, 5) is 19.3. The van der Waals surface area contributed by atoms with Gasteiger partial charge in [-0.15, -0.1) is 0 Å². The second kappa shape index (κ2) is 3.21. The Bertz CT molecular complexity index is 329. The summed E-state index contributed by atoms with van der Waals surface area (Å²) < 4.78 is 11.1. The molecule has 12 heavy (non-hydrogen) atoms. The molecule has 1 N–H and O–H groups in total. The van der Waals surface area contributed by atoms with E-state index in [4.69, 9.17) is 4.89 Å². The first-order valence-electron chi connectivity index (χ1n) is 3.42. The van der Waals surface area contributed by atoms with Crippen LogP contribution in [0.1, 0.15) is 5.56 Å². The molecule has 4 heteroatoms. The highest BCUT2D eigenvalue weighted by molar-refractivity contribution is 7.79. The van der Waals surface area contributed by atoms with Gasteiger partial charge in [-0.3, -0.25) is 9.36 Å². The zero-order chi connectivity index (χ0) is 9.19. The Morgan fingerprint density at radius 1 is 1.33 bits per heavy atom. The number of hydrogen-bond acceptors (Lipinski definition) is 2. The van der Waals surface area contributed by atoms with Crippen LogP contribution in [0.4, 0.5) is 0 Å². The molecular formula is C8H9O3P. The van der Waals surface area contributed by atoms with E-state index in [9.17, 15) is 9.36 Å². The fourth-order valence-electron chi connectivity index (χ4n) is 0.819. The summed E-state index contributed by atoms with van der Waals surface area (Å²) in [5.74, 6) is 0. The van der Waals surface area contributed by atoms with E-state index >= 15 is 0 Å². The maximum atomic E-state index is 11.1. The van der Waals surface area contributed by atoms with E-state index in [-0.39, 0.29) is 11.3 Å². The van der Waals surface area contributed by atoms with Gasteiger partial charge in [0, 0.05) is 5.30 Å². The number of rotatable bonds is 2. The summed E-state index contributed by atoms with van der Waals surface area (Å²) in [5.41, 5.74) is 0.990. The lowest BCUT2D eigenvalue weighted by atomic mass is 10.2. The van der Waals surface area contributed by atoms with Crippen molar-refractivity contribution >= 4 is 18.7 Å². The standard InChI is InChI=1S/C8H9O3P/c1-7-2-4-8(5-3-7)12(10,11)6-9/h2-6H,1H3,(H,10,11). The van der Waals surface area contributed by atoms with E-state index in [1.165, 1.54) is 12.1 Å². The minimum atomic E-state index is -3.73. The zero-order valence-electron chi connectivity index (χ0n) is 6.60. The molecule has 0 aliphatic heterocycles. The summed E-state index contributed by atoms with van der Waals surface area (Å²) in [6.45, 7) is 1.87.